The van der Waals surface area contributed by atoms with Gasteiger partial charge < -0.3 is 24.5 Å². The third-order valence-corrected chi connectivity index (χ3v) is 12.7. The van der Waals surface area contributed by atoms with Crippen LogP contribution in [0.15, 0.2) is 0 Å². The van der Waals surface area contributed by atoms with Crippen molar-refractivity contribution in [3.8, 4) is 0 Å². The Bertz CT molecular complexity index is 557. The van der Waals surface area contributed by atoms with Gasteiger partial charge in [0.15, 0.2) is 8.32 Å². The largest absolute Gasteiger partial charge is 0.411 e. The number of fused-ring (bicyclic) bond motifs is 4. The first kappa shape index (κ1) is 20.7. The van der Waals surface area contributed by atoms with Crippen molar-refractivity contribution in [2.75, 3.05) is 6.61 Å². The number of aliphatic hydroxyl groups excluding tert-OH is 2. The summed E-state index contributed by atoms with van der Waals surface area (Å²) < 4.78 is 13.2. The molecule has 152 valence electrons. The van der Waals surface area contributed by atoms with Crippen LogP contribution in [0.3, 0.4) is 0 Å². The van der Waals surface area contributed by atoms with E-state index in [9.17, 15) is 15.3 Å². The van der Waals surface area contributed by atoms with E-state index < -0.39 is 31.5 Å². The van der Waals surface area contributed by atoms with Gasteiger partial charge in [-0.25, -0.2) is 0 Å². The first-order valence-corrected chi connectivity index (χ1v) is 12.9. The number of ether oxygens (including phenoxy) is 1. The minimum atomic E-state index is -2.10. The van der Waals surface area contributed by atoms with E-state index in [-0.39, 0.29) is 29.3 Å². The molecule has 0 aromatic carbocycles. The highest BCUT2D eigenvalue weighted by molar-refractivity contribution is 6.74. The molecule has 26 heavy (non-hydrogen) atoms. The van der Waals surface area contributed by atoms with Crippen molar-refractivity contribution >= 4 is 8.32 Å². The van der Waals surface area contributed by atoms with Crippen LogP contribution in [0.5, 0.6) is 0 Å². The van der Waals surface area contributed by atoms with Gasteiger partial charge in [-0.2, -0.15) is 0 Å². The first-order chi connectivity index (χ1) is 11.7. The van der Waals surface area contributed by atoms with Gasteiger partial charge in [0.05, 0.1) is 30.5 Å². The molecule has 6 heteroatoms. The van der Waals surface area contributed by atoms with Crippen LogP contribution in [0.4, 0.5) is 0 Å². The van der Waals surface area contributed by atoms with Crippen LogP contribution in [-0.4, -0.2) is 60.3 Å². The Morgan fingerprint density at radius 3 is 2.31 bits per heavy atom. The van der Waals surface area contributed by atoms with E-state index in [1.807, 2.05) is 6.92 Å². The molecule has 3 fully saturated rings. The fraction of sp³-hybridized carbons (Fsp3) is 1.00. The van der Waals surface area contributed by atoms with Gasteiger partial charge in [0.2, 0.25) is 0 Å². The predicted molar refractivity (Wildman–Crippen MR) is 103 cm³/mol. The van der Waals surface area contributed by atoms with Gasteiger partial charge in [-0.15, -0.1) is 0 Å². The summed E-state index contributed by atoms with van der Waals surface area (Å²) in [5, 5.41) is 32.0. The van der Waals surface area contributed by atoms with Crippen molar-refractivity contribution in [1.82, 2.24) is 0 Å². The van der Waals surface area contributed by atoms with Crippen LogP contribution < -0.4 is 0 Å². The molecular weight excluding hydrogens is 348 g/mol. The fourth-order valence-corrected chi connectivity index (χ4v) is 6.57. The summed E-state index contributed by atoms with van der Waals surface area (Å²) in [5.41, 5.74) is -1.59. The Labute approximate surface area is 159 Å². The molecule has 1 aliphatic heterocycles. The molecule has 2 bridgehead atoms. The molecular formula is C20H38O5Si. The molecule has 2 saturated carbocycles. The summed E-state index contributed by atoms with van der Waals surface area (Å²) in [6.07, 6.45) is 0.963. The van der Waals surface area contributed by atoms with E-state index in [4.69, 9.17) is 9.16 Å². The second-order valence-corrected chi connectivity index (χ2v) is 15.8. The van der Waals surface area contributed by atoms with Gasteiger partial charge in [-0.1, -0.05) is 27.7 Å². The second-order valence-electron chi connectivity index (χ2n) is 11.1. The molecule has 1 unspecified atom stereocenters. The zero-order valence-corrected chi connectivity index (χ0v) is 18.5. The van der Waals surface area contributed by atoms with Gasteiger partial charge in [0.25, 0.3) is 0 Å². The SMILES string of the molecule is CC1(O)CC[C@@]2(C)[C@@H](C1)O[C@@H]1[C@H](O)C[C@@]2(CO)[C@@H]1O[Si](C)(C)C(C)(C)C. The lowest BCUT2D eigenvalue weighted by Crippen LogP contribution is -2.67. The third kappa shape index (κ3) is 2.83. The molecule has 0 radical (unpaired) electrons. The van der Waals surface area contributed by atoms with Gasteiger partial charge in [-0.3, -0.25) is 0 Å². The summed E-state index contributed by atoms with van der Waals surface area (Å²) in [4.78, 5) is 0. The molecule has 0 amide bonds. The van der Waals surface area contributed by atoms with E-state index in [0.29, 0.717) is 19.3 Å². The summed E-state index contributed by atoms with van der Waals surface area (Å²) in [6, 6.07) is 0. The van der Waals surface area contributed by atoms with E-state index >= 15 is 0 Å². The standard InChI is InChI=1S/C20H38O5Si/c1-17(2,3)26(6,7)25-16-15-13(22)10-20(16,12-21)19(5)9-8-18(4,23)11-14(19)24-15/h13-16,21-23H,8-12H2,1-7H3/t13-,14-,15-,16-,18?,19+,20-/m1/s1. The Morgan fingerprint density at radius 1 is 1.15 bits per heavy atom. The van der Waals surface area contributed by atoms with Crippen molar-refractivity contribution in [2.45, 2.75) is 108 Å². The van der Waals surface area contributed by atoms with Crippen molar-refractivity contribution in [1.29, 1.82) is 0 Å². The lowest BCUT2D eigenvalue weighted by molar-refractivity contribution is -0.264. The van der Waals surface area contributed by atoms with Crippen LogP contribution in [0.2, 0.25) is 18.1 Å². The van der Waals surface area contributed by atoms with Crippen molar-refractivity contribution in [2.24, 2.45) is 10.8 Å². The Kier molecular flexibility index (Phi) is 4.79. The Hall–Kier alpha value is 0.0169. The van der Waals surface area contributed by atoms with Gasteiger partial charge >= 0.3 is 0 Å². The van der Waals surface area contributed by atoms with Crippen molar-refractivity contribution in [3.63, 3.8) is 0 Å². The molecule has 0 aromatic heterocycles. The average Bonchev–Trinajstić information content (AvgIpc) is 2.70. The topological polar surface area (TPSA) is 79.2 Å². The zero-order chi connectivity index (χ0) is 19.8. The summed E-state index contributed by atoms with van der Waals surface area (Å²) in [7, 11) is -2.10. The molecule has 3 aliphatic rings. The molecule has 3 rings (SSSR count). The monoisotopic (exact) mass is 386 g/mol. The lowest BCUT2D eigenvalue weighted by Gasteiger charge is -2.61. The quantitative estimate of drug-likeness (QED) is 0.650. The molecule has 2 aliphatic carbocycles. The summed E-state index contributed by atoms with van der Waals surface area (Å²) >= 11 is 0. The molecule has 5 nitrogen and oxygen atoms in total. The Morgan fingerprint density at radius 2 is 1.77 bits per heavy atom. The lowest BCUT2D eigenvalue weighted by atomic mass is 9.52. The molecule has 1 heterocycles. The van der Waals surface area contributed by atoms with Crippen molar-refractivity contribution < 1.29 is 24.5 Å². The minimum absolute atomic E-state index is 0.0155. The van der Waals surface area contributed by atoms with Gasteiger partial charge in [-0.05, 0) is 44.3 Å². The van der Waals surface area contributed by atoms with E-state index in [0.717, 1.165) is 6.42 Å². The maximum atomic E-state index is 10.8. The summed E-state index contributed by atoms with van der Waals surface area (Å²) in [5.74, 6) is 0. The smallest absolute Gasteiger partial charge is 0.192 e. The first-order valence-electron chi connectivity index (χ1n) is 10.0. The highest BCUT2D eigenvalue weighted by atomic mass is 28.4. The number of hydrogen-bond donors (Lipinski definition) is 3. The average molecular weight is 387 g/mol. The van der Waals surface area contributed by atoms with E-state index in [1.54, 1.807) is 0 Å². The van der Waals surface area contributed by atoms with E-state index in [1.165, 1.54) is 0 Å². The Balaban J connectivity index is 2.01. The highest BCUT2D eigenvalue weighted by Crippen LogP contribution is 2.65. The van der Waals surface area contributed by atoms with E-state index in [2.05, 4.69) is 40.8 Å². The van der Waals surface area contributed by atoms with Crippen LogP contribution in [0, 0.1) is 10.8 Å². The van der Waals surface area contributed by atoms with Crippen LogP contribution in [-0.2, 0) is 9.16 Å². The maximum Gasteiger partial charge on any atom is 0.192 e. The third-order valence-electron chi connectivity index (χ3n) is 8.28. The number of rotatable bonds is 3. The molecule has 0 aromatic rings. The predicted octanol–water partition coefficient (Wildman–Crippen LogP) is 2.83. The van der Waals surface area contributed by atoms with Gasteiger partial charge in [0.1, 0.15) is 6.10 Å². The molecule has 1 saturated heterocycles. The van der Waals surface area contributed by atoms with Gasteiger partial charge in [0, 0.05) is 17.3 Å². The fourth-order valence-electron chi connectivity index (χ4n) is 5.23. The molecule has 0 spiro atoms. The maximum absolute atomic E-state index is 10.8. The number of aliphatic hydroxyl groups is 3. The second kappa shape index (κ2) is 6.01. The van der Waals surface area contributed by atoms with Crippen LogP contribution in [0.1, 0.15) is 60.3 Å². The highest BCUT2D eigenvalue weighted by Gasteiger charge is 2.71. The minimum Gasteiger partial charge on any atom is -0.411 e. The number of hydrogen-bond acceptors (Lipinski definition) is 5. The molecule has 7 atom stereocenters. The summed E-state index contributed by atoms with van der Waals surface area (Å²) in [6.45, 7) is 15.0. The van der Waals surface area contributed by atoms with Crippen LogP contribution >= 0.6 is 0 Å². The normalized spacial score (nSPS) is 49.2. The van der Waals surface area contributed by atoms with Crippen molar-refractivity contribution in [3.05, 3.63) is 0 Å². The zero-order valence-electron chi connectivity index (χ0n) is 17.5. The molecule has 3 N–H and O–H groups in total. The van der Waals surface area contributed by atoms with Crippen LogP contribution in [0.25, 0.3) is 0 Å².